The van der Waals surface area contributed by atoms with Crippen molar-refractivity contribution in [2.24, 2.45) is 0 Å². The van der Waals surface area contributed by atoms with E-state index in [1.807, 2.05) is 0 Å². The molecule has 0 amide bonds. The summed E-state index contributed by atoms with van der Waals surface area (Å²) in [5, 5.41) is 0. The van der Waals surface area contributed by atoms with Crippen molar-refractivity contribution in [1.82, 2.24) is 9.80 Å². The Hall–Kier alpha value is -0.660. The van der Waals surface area contributed by atoms with E-state index in [2.05, 4.69) is 43.1 Å². The second-order valence-corrected chi connectivity index (χ2v) is 4.15. The quantitative estimate of drug-likeness (QED) is 0.602. The predicted octanol–water partition coefficient (Wildman–Crippen LogP) is 3.02. The van der Waals surface area contributed by atoms with Crippen molar-refractivity contribution in [1.29, 1.82) is 0 Å². The van der Waals surface area contributed by atoms with Crippen LogP contribution < -0.4 is 0 Å². The van der Waals surface area contributed by atoms with E-state index < -0.39 is 0 Å². The summed E-state index contributed by atoms with van der Waals surface area (Å²) in [4.78, 5) is 4.77. The summed E-state index contributed by atoms with van der Waals surface area (Å²) in [6, 6.07) is 0. The zero-order chi connectivity index (χ0) is 10.4. The SMILES string of the molecule is CCCCCCN1C=CN(C)C1CC. The van der Waals surface area contributed by atoms with Crippen LogP contribution in [0.15, 0.2) is 12.4 Å². The van der Waals surface area contributed by atoms with Gasteiger partial charge in [-0.05, 0) is 12.8 Å². The summed E-state index contributed by atoms with van der Waals surface area (Å²) >= 11 is 0. The van der Waals surface area contributed by atoms with Crippen molar-refractivity contribution in [3.05, 3.63) is 12.4 Å². The Bertz CT molecular complexity index is 177. The first-order valence-corrected chi connectivity index (χ1v) is 5.95. The molecule has 1 atom stereocenters. The van der Waals surface area contributed by atoms with E-state index in [1.165, 1.54) is 38.6 Å². The van der Waals surface area contributed by atoms with Crippen LogP contribution in [0.25, 0.3) is 0 Å². The minimum absolute atomic E-state index is 0.608. The van der Waals surface area contributed by atoms with Crippen LogP contribution >= 0.6 is 0 Å². The molecule has 0 N–H and O–H groups in total. The molecule has 0 aromatic heterocycles. The Morgan fingerprint density at radius 2 is 1.86 bits per heavy atom. The van der Waals surface area contributed by atoms with E-state index in [1.54, 1.807) is 0 Å². The Labute approximate surface area is 88.6 Å². The van der Waals surface area contributed by atoms with Crippen molar-refractivity contribution >= 4 is 0 Å². The van der Waals surface area contributed by atoms with Gasteiger partial charge in [-0.3, -0.25) is 0 Å². The van der Waals surface area contributed by atoms with Crippen LogP contribution in [0.5, 0.6) is 0 Å². The third kappa shape index (κ3) is 2.93. The largest absolute Gasteiger partial charge is 0.359 e. The second kappa shape index (κ2) is 5.94. The maximum Gasteiger partial charge on any atom is 0.100 e. The Morgan fingerprint density at radius 3 is 2.50 bits per heavy atom. The minimum atomic E-state index is 0.608. The van der Waals surface area contributed by atoms with Crippen molar-refractivity contribution < 1.29 is 0 Å². The fourth-order valence-electron chi connectivity index (χ4n) is 2.09. The van der Waals surface area contributed by atoms with Crippen LogP contribution in [0, 0.1) is 0 Å². The summed E-state index contributed by atoms with van der Waals surface area (Å²) in [6.07, 6.45) is 11.7. The van der Waals surface area contributed by atoms with E-state index in [0.717, 1.165) is 0 Å². The molecule has 82 valence electrons. The lowest BCUT2D eigenvalue weighted by Gasteiger charge is -2.29. The smallest absolute Gasteiger partial charge is 0.100 e. The molecule has 0 bridgehead atoms. The third-order valence-electron chi connectivity index (χ3n) is 2.98. The van der Waals surface area contributed by atoms with Crippen molar-refractivity contribution in [2.75, 3.05) is 13.6 Å². The average Bonchev–Trinajstić information content (AvgIpc) is 2.54. The third-order valence-corrected chi connectivity index (χ3v) is 2.98. The summed E-state index contributed by atoms with van der Waals surface area (Å²) in [7, 11) is 2.16. The lowest BCUT2D eigenvalue weighted by Crippen LogP contribution is -2.36. The molecule has 0 saturated heterocycles. The molecule has 14 heavy (non-hydrogen) atoms. The van der Waals surface area contributed by atoms with Gasteiger partial charge in [-0.15, -0.1) is 0 Å². The van der Waals surface area contributed by atoms with Crippen LogP contribution in [-0.2, 0) is 0 Å². The van der Waals surface area contributed by atoms with Gasteiger partial charge in [0.1, 0.15) is 6.17 Å². The summed E-state index contributed by atoms with van der Waals surface area (Å²) in [5.74, 6) is 0. The first-order chi connectivity index (χ1) is 6.79. The molecule has 1 heterocycles. The van der Waals surface area contributed by atoms with Crippen molar-refractivity contribution in [2.45, 2.75) is 52.1 Å². The van der Waals surface area contributed by atoms with Gasteiger partial charge in [0.15, 0.2) is 0 Å². The molecular weight excluding hydrogens is 172 g/mol. The van der Waals surface area contributed by atoms with E-state index >= 15 is 0 Å². The van der Waals surface area contributed by atoms with Gasteiger partial charge in [-0.2, -0.15) is 0 Å². The molecule has 0 aromatic carbocycles. The molecule has 0 fully saturated rings. The summed E-state index contributed by atoms with van der Waals surface area (Å²) in [5.41, 5.74) is 0. The highest BCUT2D eigenvalue weighted by atomic mass is 15.4. The molecule has 0 aliphatic carbocycles. The molecular formula is C12H24N2. The molecule has 0 saturated carbocycles. The van der Waals surface area contributed by atoms with Crippen LogP contribution in [0.3, 0.4) is 0 Å². The molecule has 1 unspecified atom stereocenters. The van der Waals surface area contributed by atoms with E-state index in [4.69, 9.17) is 0 Å². The van der Waals surface area contributed by atoms with Gasteiger partial charge in [0.05, 0.1) is 0 Å². The zero-order valence-electron chi connectivity index (χ0n) is 9.87. The zero-order valence-corrected chi connectivity index (χ0v) is 9.87. The molecule has 1 rings (SSSR count). The van der Waals surface area contributed by atoms with Crippen LogP contribution in [0.4, 0.5) is 0 Å². The van der Waals surface area contributed by atoms with Gasteiger partial charge in [0.2, 0.25) is 0 Å². The molecule has 1 aliphatic heterocycles. The van der Waals surface area contributed by atoms with Gasteiger partial charge < -0.3 is 9.80 Å². The van der Waals surface area contributed by atoms with E-state index in [-0.39, 0.29) is 0 Å². The van der Waals surface area contributed by atoms with Gasteiger partial charge in [0.25, 0.3) is 0 Å². The standard InChI is InChI=1S/C12H24N2/c1-4-6-7-8-9-14-11-10-13(3)12(14)5-2/h10-12H,4-9H2,1-3H3. The Balaban J connectivity index is 2.20. The molecule has 0 aromatic rings. The van der Waals surface area contributed by atoms with Crippen molar-refractivity contribution in [3.8, 4) is 0 Å². The highest BCUT2D eigenvalue weighted by Gasteiger charge is 2.20. The van der Waals surface area contributed by atoms with Gasteiger partial charge in [0, 0.05) is 26.0 Å². The van der Waals surface area contributed by atoms with Gasteiger partial charge in [-0.25, -0.2) is 0 Å². The van der Waals surface area contributed by atoms with E-state index in [0.29, 0.717) is 6.17 Å². The van der Waals surface area contributed by atoms with Crippen LogP contribution in [0.1, 0.15) is 46.0 Å². The van der Waals surface area contributed by atoms with Crippen molar-refractivity contribution in [3.63, 3.8) is 0 Å². The lowest BCUT2D eigenvalue weighted by atomic mass is 10.2. The lowest BCUT2D eigenvalue weighted by molar-refractivity contribution is 0.169. The molecule has 0 radical (unpaired) electrons. The molecule has 2 heteroatoms. The first kappa shape index (κ1) is 11.4. The number of hydrogen-bond acceptors (Lipinski definition) is 2. The highest BCUT2D eigenvalue weighted by molar-refractivity contribution is 4.94. The fourth-order valence-corrected chi connectivity index (χ4v) is 2.09. The molecule has 0 spiro atoms. The molecule has 1 aliphatic rings. The number of nitrogens with zero attached hydrogens (tertiary/aromatic N) is 2. The molecule has 2 nitrogen and oxygen atoms in total. The second-order valence-electron chi connectivity index (χ2n) is 4.15. The van der Waals surface area contributed by atoms with Crippen LogP contribution in [-0.4, -0.2) is 29.6 Å². The summed E-state index contributed by atoms with van der Waals surface area (Å²) < 4.78 is 0. The maximum absolute atomic E-state index is 2.47. The monoisotopic (exact) mass is 196 g/mol. The number of rotatable bonds is 6. The Kier molecular flexibility index (Phi) is 4.85. The Morgan fingerprint density at radius 1 is 1.07 bits per heavy atom. The maximum atomic E-state index is 2.47. The highest BCUT2D eigenvalue weighted by Crippen LogP contribution is 2.17. The fraction of sp³-hybridized carbons (Fsp3) is 0.833. The van der Waals surface area contributed by atoms with Crippen LogP contribution in [0.2, 0.25) is 0 Å². The average molecular weight is 196 g/mol. The normalized spacial score (nSPS) is 20.9. The van der Waals surface area contributed by atoms with Gasteiger partial charge in [-0.1, -0.05) is 33.1 Å². The topological polar surface area (TPSA) is 6.48 Å². The number of hydrogen-bond donors (Lipinski definition) is 0. The predicted molar refractivity (Wildman–Crippen MR) is 61.8 cm³/mol. The van der Waals surface area contributed by atoms with E-state index in [9.17, 15) is 0 Å². The van der Waals surface area contributed by atoms with Gasteiger partial charge >= 0.3 is 0 Å². The number of unbranched alkanes of at least 4 members (excludes halogenated alkanes) is 3. The first-order valence-electron chi connectivity index (χ1n) is 5.95. The summed E-state index contributed by atoms with van der Waals surface area (Å²) in [6.45, 7) is 5.74. The minimum Gasteiger partial charge on any atom is -0.359 e.